The van der Waals surface area contributed by atoms with Crippen molar-refractivity contribution in [2.24, 2.45) is 0 Å². The van der Waals surface area contributed by atoms with Gasteiger partial charge in [0.05, 0.1) is 27.8 Å². The Hall–Kier alpha value is -0.360. The van der Waals surface area contributed by atoms with E-state index in [0.717, 1.165) is 30.1 Å². The monoisotopic (exact) mass is 313 g/mol. The zero-order valence-electron chi connectivity index (χ0n) is 12.4. The first-order valence-electron chi connectivity index (χ1n) is 7.22. The average Bonchev–Trinajstić information content (AvgIpc) is 2.83. The third kappa shape index (κ3) is 4.58. The lowest BCUT2D eigenvalue weighted by Crippen LogP contribution is -2.47. The normalized spacial score (nSPS) is 23.9. The first-order valence-corrected chi connectivity index (χ1v) is 9.02. The fraction of sp³-hybridized carbons (Fsp3) is 0.667. The third-order valence-electron chi connectivity index (χ3n) is 3.17. The lowest BCUT2D eigenvalue weighted by molar-refractivity contribution is -0.0652. The van der Waals surface area contributed by atoms with E-state index in [-0.39, 0.29) is 18.0 Å². The van der Waals surface area contributed by atoms with Crippen LogP contribution in [0.25, 0.3) is 0 Å². The van der Waals surface area contributed by atoms with Gasteiger partial charge in [-0.05, 0) is 38.2 Å². The molecule has 2 atom stereocenters. The predicted molar refractivity (Wildman–Crippen MR) is 86.1 cm³/mol. The Morgan fingerprint density at radius 1 is 1.40 bits per heavy atom. The van der Waals surface area contributed by atoms with Crippen molar-refractivity contribution >= 4 is 28.9 Å². The number of thiophene rings is 1. The first-order chi connectivity index (χ1) is 9.58. The number of hydrogen-bond acceptors (Lipinski definition) is 5. The largest absolute Gasteiger partial charge is 0.373 e. The maximum Gasteiger partial charge on any atom is 0.186 e. The number of carbonyl (C=O) groups excluding carboxylic acids is 1. The second-order valence-electron chi connectivity index (χ2n) is 5.34. The highest BCUT2D eigenvalue weighted by atomic mass is 32.2. The molecule has 1 aromatic rings. The van der Waals surface area contributed by atoms with E-state index in [2.05, 4.69) is 31.7 Å². The van der Waals surface area contributed by atoms with E-state index in [0.29, 0.717) is 6.54 Å². The molecule has 2 unspecified atom stereocenters. The van der Waals surface area contributed by atoms with Gasteiger partial charge in [-0.15, -0.1) is 23.1 Å². The molecule has 0 spiro atoms. The Morgan fingerprint density at radius 2 is 2.10 bits per heavy atom. The fourth-order valence-corrected chi connectivity index (χ4v) is 4.44. The maximum absolute atomic E-state index is 12.3. The quantitative estimate of drug-likeness (QED) is 0.593. The lowest BCUT2D eigenvalue weighted by atomic mass is 10.2. The molecular formula is C15H23NO2S2. The minimum atomic E-state index is 0.213. The van der Waals surface area contributed by atoms with Crippen LogP contribution in [0.15, 0.2) is 16.3 Å². The summed E-state index contributed by atoms with van der Waals surface area (Å²) in [5.41, 5.74) is 0. The van der Waals surface area contributed by atoms with Crippen LogP contribution in [0.2, 0.25) is 0 Å². The standard InChI is InChI=1S/C15H23NO2S2/c1-4-7-19-15-6-5-14(20-15)13(17)10-16-8-11(2)18-12(3)9-16/h5-6,11-12H,4,7-10H2,1-3H3. The fourth-order valence-electron chi connectivity index (χ4n) is 2.44. The lowest BCUT2D eigenvalue weighted by Gasteiger charge is -2.34. The number of ketones is 1. The van der Waals surface area contributed by atoms with Gasteiger partial charge in [-0.1, -0.05) is 6.92 Å². The smallest absolute Gasteiger partial charge is 0.186 e. The van der Waals surface area contributed by atoms with E-state index in [1.807, 2.05) is 17.8 Å². The SMILES string of the molecule is CCCSc1ccc(C(=O)CN2CC(C)OC(C)C2)s1. The summed E-state index contributed by atoms with van der Waals surface area (Å²) in [5.74, 6) is 1.35. The van der Waals surface area contributed by atoms with E-state index in [9.17, 15) is 4.79 Å². The van der Waals surface area contributed by atoms with Crippen LogP contribution in [0.1, 0.15) is 36.9 Å². The van der Waals surface area contributed by atoms with Gasteiger partial charge in [-0.2, -0.15) is 0 Å². The maximum atomic E-state index is 12.3. The summed E-state index contributed by atoms with van der Waals surface area (Å²) in [5, 5.41) is 0. The van der Waals surface area contributed by atoms with Crippen molar-refractivity contribution in [2.45, 2.75) is 43.6 Å². The van der Waals surface area contributed by atoms with Gasteiger partial charge in [-0.25, -0.2) is 0 Å². The van der Waals surface area contributed by atoms with Crippen molar-refractivity contribution in [1.82, 2.24) is 4.90 Å². The van der Waals surface area contributed by atoms with Crippen LogP contribution < -0.4 is 0 Å². The molecule has 1 fully saturated rings. The minimum Gasteiger partial charge on any atom is -0.373 e. The van der Waals surface area contributed by atoms with E-state index in [1.165, 1.54) is 4.21 Å². The van der Waals surface area contributed by atoms with Gasteiger partial charge in [0.15, 0.2) is 5.78 Å². The van der Waals surface area contributed by atoms with Gasteiger partial charge in [0.25, 0.3) is 0 Å². The highest BCUT2D eigenvalue weighted by Gasteiger charge is 2.24. The van der Waals surface area contributed by atoms with E-state index >= 15 is 0 Å². The van der Waals surface area contributed by atoms with Gasteiger partial charge < -0.3 is 4.74 Å². The molecule has 0 bridgehead atoms. The molecular weight excluding hydrogens is 290 g/mol. The van der Waals surface area contributed by atoms with Crippen LogP contribution in [0.5, 0.6) is 0 Å². The summed E-state index contributed by atoms with van der Waals surface area (Å²) in [7, 11) is 0. The molecule has 0 aromatic carbocycles. The number of thioether (sulfide) groups is 1. The second-order valence-corrected chi connectivity index (χ2v) is 7.82. The third-order valence-corrected chi connectivity index (χ3v) is 5.72. The Balaban J connectivity index is 1.89. The molecule has 3 nitrogen and oxygen atoms in total. The molecule has 5 heteroatoms. The van der Waals surface area contributed by atoms with Crippen LogP contribution in [-0.2, 0) is 4.74 Å². The molecule has 0 radical (unpaired) electrons. The van der Waals surface area contributed by atoms with E-state index in [4.69, 9.17) is 4.74 Å². The van der Waals surface area contributed by atoms with Crippen LogP contribution in [0.3, 0.4) is 0 Å². The van der Waals surface area contributed by atoms with Crippen molar-refractivity contribution in [1.29, 1.82) is 0 Å². The van der Waals surface area contributed by atoms with Gasteiger partial charge in [-0.3, -0.25) is 9.69 Å². The number of carbonyl (C=O) groups is 1. The minimum absolute atomic E-state index is 0.213. The van der Waals surface area contributed by atoms with Crippen molar-refractivity contribution < 1.29 is 9.53 Å². The molecule has 0 aliphatic carbocycles. The van der Waals surface area contributed by atoms with Gasteiger partial charge in [0.1, 0.15) is 0 Å². The van der Waals surface area contributed by atoms with Crippen LogP contribution in [0.4, 0.5) is 0 Å². The van der Waals surface area contributed by atoms with Crippen molar-refractivity contribution in [3.05, 3.63) is 17.0 Å². The zero-order chi connectivity index (χ0) is 14.5. The molecule has 2 rings (SSSR count). The molecule has 20 heavy (non-hydrogen) atoms. The number of nitrogens with zero attached hydrogens (tertiary/aromatic N) is 1. The molecule has 0 amide bonds. The van der Waals surface area contributed by atoms with E-state index in [1.54, 1.807) is 11.3 Å². The summed E-state index contributed by atoms with van der Waals surface area (Å²) < 4.78 is 6.95. The molecule has 1 aliphatic heterocycles. The first kappa shape index (κ1) is 16.0. The van der Waals surface area contributed by atoms with Gasteiger partial charge in [0.2, 0.25) is 0 Å². The van der Waals surface area contributed by atoms with Gasteiger partial charge >= 0.3 is 0 Å². The topological polar surface area (TPSA) is 29.5 Å². The Morgan fingerprint density at radius 3 is 2.75 bits per heavy atom. The van der Waals surface area contributed by atoms with Crippen LogP contribution in [0, 0.1) is 0 Å². The Labute approximate surface area is 129 Å². The zero-order valence-corrected chi connectivity index (χ0v) is 14.1. The van der Waals surface area contributed by atoms with Crippen molar-refractivity contribution in [2.75, 3.05) is 25.4 Å². The number of ether oxygens (including phenoxy) is 1. The number of rotatable bonds is 6. The summed E-state index contributed by atoms with van der Waals surface area (Å²) in [4.78, 5) is 15.4. The second kappa shape index (κ2) is 7.59. The molecule has 1 saturated heterocycles. The summed E-state index contributed by atoms with van der Waals surface area (Å²) in [6, 6.07) is 4.04. The predicted octanol–water partition coefficient (Wildman–Crippen LogP) is 3.54. The molecule has 112 valence electrons. The average molecular weight is 313 g/mol. The summed E-state index contributed by atoms with van der Waals surface area (Å²) in [6.07, 6.45) is 1.59. The highest BCUT2D eigenvalue weighted by Crippen LogP contribution is 2.28. The number of Topliss-reactive ketones (excluding diaryl/α,β-unsaturated/α-hetero) is 1. The molecule has 0 N–H and O–H groups in total. The Kier molecular flexibility index (Phi) is 6.08. The summed E-state index contributed by atoms with van der Waals surface area (Å²) in [6.45, 7) is 8.51. The van der Waals surface area contributed by atoms with Crippen molar-refractivity contribution in [3.8, 4) is 0 Å². The summed E-state index contributed by atoms with van der Waals surface area (Å²) >= 11 is 3.46. The number of morpholine rings is 1. The molecule has 1 aliphatic rings. The molecule has 1 aromatic heterocycles. The van der Waals surface area contributed by atoms with Crippen LogP contribution in [-0.4, -0.2) is 48.3 Å². The molecule has 0 saturated carbocycles. The van der Waals surface area contributed by atoms with Crippen molar-refractivity contribution in [3.63, 3.8) is 0 Å². The Bertz CT molecular complexity index is 437. The van der Waals surface area contributed by atoms with E-state index < -0.39 is 0 Å². The number of hydrogen-bond donors (Lipinski definition) is 0. The van der Waals surface area contributed by atoms with Gasteiger partial charge in [0, 0.05) is 13.1 Å². The van der Waals surface area contributed by atoms with Crippen LogP contribution >= 0.6 is 23.1 Å². The highest BCUT2D eigenvalue weighted by molar-refractivity contribution is 8.01. The molecule has 2 heterocycles.